The average Bonchev–Trinajstić information content (AvgIpc) is 2.95. The monoisotopic (exact) mass is 324 g/mol. The smallest absolute Gasteiger partial charge is 0.264 e. The van der Waals surface area contributed by atoms with Gasteiger partial charge in [-0.05, 0) is 32.4 Å². The molecule has 2 aliphatic rings. The van der Waals surface area contributed by atoms with E-state index < -0.39 is 28.8 Å². The minimum Gasteiger partial charge on any atom is -0.352 e. The molecule has 4 unspecified atom stereocenters. The van der Waals surface area contributed by atoms with Crippen LogP contribution in [0.3, 0.4) is 0 Å². The van der Waals surface area contributed by atoms with E-state index in [0.717, 1.165) is 11.4 Å². The predicted octanol–water partition coefficient (Wildman–Crippen LogP) is 0.224. The third kappa shape index (κ3) is 2.68. The molecular weight excluding hydrogens is 308 g/mol. The summed E-state index contributed by atoms with van der Waals surface area (Å²) in [6.45, 7) is 3.61. The van der Waals surface area contributed by atoms with Crippen LogP contribution in [0.25, 0.3) is 0 Å². The Kier molecular flexibility index (Phi) is 3.81. The highest BCUT2D eigenvalue weighted by molar-refractivity contribution is 7.77. The van der Waals surface area contributed by atoms with Gasteiger partial charge < -0.3 is 4.74 Å². The van der Waals surface area contributed by atoms with E-state index >= 15 is 0 Å². The number of nitrogens with one attached hydrogen (secondary N) is 2. The first kappa shape index (κ1) is 15.2. The lowest BCUT2D eigenvalue weighted by atomic mass is 9.89. The van der Waals surface area contributed by atoms with Crippen molar-refractivity contribution in [3.8, 4) is 0 Å². The molecule has 0 spiro atoms. The first-order valence-corrected chi connectivity index (χ1v) is 7.88. The molecule has 0 radical (unpaired) electrons. The number of ether oxygens (including phenoxy) is 1. The summed E-state index contributed by atoms with van der Waals surface area (Å²) in [5, 5.41) is 2.63. The van der Waals surface area contributed by atoms with Gasteiger partial charge in [-0.2, -0.15) is 0 Å². The average molecular weight is 324 g/mol. The number of carbonyl (C=O) groups is 1. The van der Waals surface area contributed by atoms with Crippen LogP contribution in [0.15, 0.2) is 18.2 Å². The highest BCUT2D eigenvalue weighted by Gasteiger charge is 2.56. The van der Waals surface area contributed by atoms with Crippen molar-refractivity contribution < 1.29 is 18.3 Å². The maximum absolute atomic E-state index is 12.6. The van der Waals surface area contributed by atoms with Gasteiger partial charge in [-0.1, -0.05) is 6.08 Å². The number of amides is 1. The van der Waals surface area contributed by atoms with Gasteiger partial charge in [0.15, 0.2) is 5.60 Å². The van der Waals surface area contributed by atoms with E-state index in [2.05, 4.69) is 20.0 Å². The van der Waals surface area contributed by atoms with Crippen molar-refractivity contribution in [1.82, 2.24) is 14.7 Å². The second-order valence-electron chi connectivity index (χ2n) is 5.39. The highest BCUT2D eigenvalue weighted by atomic mass is 32.2. The van der Waals surface area contributed by atoms with Crippen LogP contribution >= 0.6 is 0 Å². The van der Waals surface area contributed by atoms with Crippen LogP contribution in [0, 0.1) is 13.8 Å². The molecule has 9 heteroatoms. The van der Waals surface area contributed by atoms with Crippen molar-refractivity contribution in [3.63, 3.8) is 0 Å². The number of fused-ring (bicyclic) bond motifs is 2. The zero-order valence-electron chi connectivity index (χ0n) is 12.1. The van der Waals surface area contributed by atoms with Crippen LogP contribution < -0.4 is 10.0 Å². The molecule has 1 amide bonds. The van der Waals surface area contributed by atoms with Gasteiger partial charge >= 0.3 is 0 Å². The Balaban J connectivity index is 1.83. The molecule has 22 heavy (non-hydrogen) atoms. The van der Waals surface area contributed by atoms with Crippen LogP contribution in [0.4, 0.5) is 5.95 Å². The molecule has 0 aliphatic carbocycles. The second-order valence-corrected chi connectivity index (χ2v) is 6.13. The van der Waals surface area contributed by atoms with Crippen LogP contribution in [0.5, 0.6) is 0 Å². The molecule has 1 fully saturated rings. The Morgan fingerprint density at radius 1 is 1.45 bits per heavy atom. The van der Waals surface area contributed by atoms with Gasteiger partial charge in [-0.15, -0.1) is 0 Å². The van der Waals surface area contributed by atoms with Crippen LogP contribution in [0.1, 0.15) is 17.8 Å². The quantitative estimate of drug-likeness (QED) is 0.539. The zero-order chi connectivity index (χ0) is 15.9. The highest BCUT2D eigenvalue weighted by Crippen LogP contribution is 2.39. The third-order valence-corrected chi connectivity index (χ3v) is 4.18. The summed E-state index contributed by atoms with van der Waals surface area (Å²) in [5.41, 5.74) is 0.154. The molecule has 118 valence electrons. The van der Waals surface area contributed by atoms with Crippen LogP contribution in [-0.4, -0.2) is 42.4 Å². The standard InChI is InChI=1S/C13H16N4O4S/c1-7-5-8(2)15-12(14-7)16-11(18)13-4-3-9(21-13)6-10(13)17-22(19)20/h3-5,9-10,17H,6H2,1-2H3,(H,19,20)(H,14,15,16,18). The largest absolute Gasteiger partial charge is 0.352 e. The van der Waals surface area contributed by atoms with E-state index in [1.54, 1.807) is 32.1 Å². The topological polar surface area (TPSA) is 113 Å². The molecule has 2 bridgehead atoms. The fourth-order valence-electron chi connectivity index (χ4n) is 2.84. The summed E-state index contributed by atoms with van der Waals surface area (Å²) in [4.78, 5) is 20.9. The minimum atomic E-state index is -2.23. The van der Waals surface area contributed by atoms with E-state index in [1.807, 2.05) is 0 Å². The first-order valence-electron chi connectivity index (χ1n) is 6.77. The van der Waals surface area contributed by atoms with E-state index in [1.165, 1.54) is 0 Å². The lowest BCUT2D eigenvalue weighted by molar-refractivity contribution is -0.132. The molecular formula is C13H16N4O4S. The summed E-state index contributed by atoms with van der Waals surface area (Å²) < 4.78 is 28.2. The maximum atomic E-state index is 12.6. The molecule has 3 rings (SSSR count). The molecule has 1 saturated heterocycles. The number of hydrogen-bond acceptors (Lipinski definition) is 5. The number of nitrogens with zero attached hydrogens (tertiary/aromatic N) is 2. The molecule has 0 saturated carbocycles. The van der Waals surface area contributed by atoms with E-state index in [0.29, 0.717) is 6.42 Å². The Labute approximate surface area is 129 Å². The number of carbonyl (C=O) groups excluding carboxylic acids is 1. The number of aromatic nitrogens is 2. The van der Waals surface area contributed by atoms with Crippen LogP contribution in [-0.2, 0) is 20.8 Å². The van der Waals surface area contributed by atoms with Gasteiger partial charge in [0, 0.05) is 11.4 Å². The Hall–Kier alpha value is -1.68. The SMILES string of the molecule is Cc1cc(C)nc(NC(=O)C23C=CC(CC2NS(=O)O)O3)n1. The molecule has 3 heterocycles. The number of hydrogen-bond donors (Lipinski definition) is 3. The number of aryl methyl sites for hydroxylation is 2. The fraction of sp³-hybridized carbons (Fsp3) is 0.462. The predicted molar refractivity (Wildman–Crippen MR) is 79.2 cm³/mol. The molecule has 1 aromatic heterocycles. The van der Waals surface area contributed by atoms with Gasteiger partial charge in [0.2, 0.25) is 17.2 Å². The fourth-order valence-corrected chi connectivity index (χ4v) is 3.35. The molecule has 0 aromatic carbocycles. The van der Waals surface area contributed by atoms with E-state index in [4.69, 9.17) is 9.29 Å². The minimum absolute atomic E-state index is 0.188. The van der Waals surface area contributed by atoms with Crippen molar-refractivity contribution in [2.45, 2.75) is 38.0 Å². The third-order valence-electron chi connectivity index (χ3n) is 3.70. The first-order chi connectivity index (χ1) is 10.4. The lowest BCUT2D eigenvalue weighted by Crippen LogP contribution is -2.54. The number of rotatable bonds is 4. The molecule has 3 N–H and O–H groups in total. The normalized spacial score (nSPS) is 30.5. The van der Waals surface area contributed by atoms with Crippen molar-refractivity contribution in [3.05, 3.63) is 29.6 Å². The summed E-state index contributed by atoms with van der Waals surface area (Å²) in [6, 6.07) is 1.21. The second kappa shape index (κ2) is 5.51. The molecule has 1 aromatic rings. The van der Waals surface area contributed by atoms with Crippen molar-refractivity contribution >= 4 is 23.1 Å². The van der Waals surface area contributed by atoms with E-state index in [9.17, 15) is 9.00 Å². The van der Waals surface area contributed by atoms with Crippen LogP contribution in [0.2, 0.25) is 0 Å². The van der Waals surface area contributed by atoms with Crippen molar-refractivity contribution in [2.75, 3.05) is 5.32 Å². The van der Waals surface area contributed by atoms with Gasteiger partial charge in [0.05, 0.1) is 12.1 Å². The molecule has 4 atom stereocenters. The maximum Gasteiger partial charge on any atom is 0.264 e. The Morgan fingerprint density at radius 2 is 2.14 bits per heavy atom. The van der Waals surface area contributed by atoms with E-state index in [-0.39, 0.29) is 12.1 Å². The molecule has 8 nitrogen and oxygen atoms in total. The lowest BCUT2D eigenvalue weighted by Gasteiger charge is -2.28. The van der Waals surface area contributed by atoms with Crippen molar-refractivity contribution in [2.24, 2.45) is 0 Å². The Bertz CT molecular complexity index is 660. The summed E-state index contributed by atoms with van der Waals surface area (Å²) in [5.74, 6) is -0.273. The summed E-state index contributed by atoms with van der Waals surface area (Å²) in [7, 11) is 0. The van der Waals surface area contributed by atoms with Gasteiger partial charge in [0.1, 0.15) is 0 Å². The summed E-state index contributed by atoms with van der Waals surface area (Å²) >= 11 is -2.23. The van der Waals surface area contributed by atoms with Gasteiger partial charge in [-0.3, -0.25) is 14.7 Å². The van der Waals surface area contributed by atoms with Gasteiger partial charge in [-0.25, -0.2) is 18.9 Å². The van der Waals surface area contributed by atoms with Gasteiger partial charge in [0.25, 0.3) is 5.91 Å². The van der Waals surface area contributed by atoms with Crippen molar-refractivity contribution in [1.29, 1.82) is 0 Å². The zero-order valence-corrected chi connectivity index (χ0v) is 12.9. The summed E-state index contributed by atoms with van der Waals surface area (Å²) in [6.07, 6.45) is 3.60. The Morgan fingerprint density at radius 3 is 2.73 bits per heavy atom. The number of anilines is 1. The molecule has 2 aliphatic heterocycles.